The topological polar surface area (TPSA) is 29.5 Å². The summed E-state index contributed by atoms with van der Waals surface area (Å²) in [6.45, 7) is 1.79. The summed E-state index contributed by atoms with van der Waals surface area (Å²) < 4.78 is 5.05. The fourth-order valence-corrected chi connectivity index (χ4v) is 3.10. The Morgan fingerprint density at radius 2 is 1.70 bits per heavy atom. The van der Waals surface area contributed by atoms with Gasteiger partial charge in [-0.15, -0.1) is 0 Å². The van der Waals surface area contributed by atoms with E-state index in [2.05, 4.69) is 17.0 Å². The van der Waals surface area contributed by atoms with Crippen molar-refractivity contribution in [3.05, 3.63) is 77.5 Å². The molecule has 23 heavy (non-hydrogen) atoms. The first kappa shape index (κ1) is 15.3. The van der Waals surface area contributed by atoms with Crippen molar-refractivity contribution >= 4 is 11.5 Å². The number of methoxy groups -OCH3 is 1. The Kier molecular flexibility index (Phi) is 4.77. The molecule has 1 saturated heterocycles. The number of likely N-dealkylation sites (tertiary alicyclic amines) is 1. The molecule has 2 aromatic carbocycles. The first-order valence-corrected chi connectivity index (χ1v) is 7.95. The quantitative estimate of drug-likeness (QED) is 0.634. The molecule has 0 aliphatic carbocycles. The van der Waals surface area contributed by atoms with Gasteiger partial charge in [-0.25, -0.2) is 4.79 Å². The highest BCUT2D eigenvalue weighted by atomic mass is 16.5. The number of hydrogen-bond acceptors (Lipinski definition) is 3. The second-order valence-electron chi connectivity index (χ2n) is 5.69. The molecule has 3 rings (SSSR count). The molecule has 0 radical (unpaired) electrons. The van der Waals surface area contributed by atoms with Gasteiger partial charge in [-0.05, 0) is 24.0 Å². The van der Waals surface area contributed by atoms with Gasteiger partial charge in [0.25, 0.3) is 0 Å². The van der Waals surface area contributed by atoms with Crippen LogP contribution in [0.3, 0.4) is 0 Å². The van der Waals surface area contributed by atoms with Gasteiger partial charge < -0.3 is 9.64 Å². The Labute approximate surface area is 137 Å². The zero-order valence-electron chi connectivity index (χ0n) is 13.4. The summed E-state index contributed by atoms with van der Waals surface area (Å²) in [6.07, 6.45) is 1.97. The van der Waals surface area contributed by atoms with Gasteiger partial charge in [0, 0.05) is 18.8 Å². The third-order valence-electron chi connectivity index (χ3n) is 4.18. The molecule has 0 aromatic heterocycles. The lowest BCUT2D eigenvalue weighted by Crippen LogP contribution is -2.20. The average Bonchev–Trinajstić information content (AvgIpc) is 3.04. The van der Waals surface area contributed by atoms with Crippen molar-refractivity contribution in [1.29, 1.82) is 0 Å². The van der Waals surface area contributed by atoms with Crippen LogP contribution in [-0.2, 0) is 16.1 Å². The molecular formula is C20H21NO2. The minimum Gasteiger partial charge on any atom is -0.465 e. The standard InChI is InChI=1S/C20H21NO2/c1-23-20(22)19(17-11-6-3-7-12-17)18-13-8-14-21(18)15-16-9-4-2-5-10-16/h2-7,9-12H,8,13-15H2,1H3/b19-18-. The molecule has 3 nitrogen and oxygen atoms in total. The second-order valence-corrected chi connectivity index (χ2v) is 5.69. The monoisotopic (exact) mass is 307 g/mol. The molecule has 118 valence electrons. The molecular weight excluding hydrogens is 286 g/mol. The van der Waals surface area contributed by atoms with E-state index < -0.39 is 0 Å². The Morgan fingerprint density at radius 1 is 1.04 bits per heavy atom. The van der Waals surface area contributed by atoms with E-state index in [-0.39, 0.29) is 5.97 Å². The Balaban J connectivity index is 1.98. The van der Waals surface area contributed by atoms with Crippen molar-refractivity contribution in [1.82, 2.24) is 4.90 Å². The maximum atomic E-state index is 12.4. The molecule has 1 fully saturated rings. The highest BCUT2D eigenvalue weighted by Gasteiger charge is 2.26. The fourth-order valence-electron chi connectivity index (χ4n) is 3.10. The molecule has 0 atom stereocenters. The lowest BCUT2D eigenvalue weighted by Gasteiger charge is -2.23. The highest BCUT2D eigenvalue weighted by molar-refractivity contribution is 6.17. The first-order valence-electron chi connectivity index (χ1n) is 7.95. The molecule has 0 amide bonds. The van der Waals surface area contributed by atoms with E-state index in [1.807, 2.05) is 48.5 Å². The van der Waals surface area contributed by atoms with Gasteiger partial charge in [-0.3, -0.25) is 0 Å². The van der Waals surface area contributed by atoms with Crippen molar-refractivity contribution in [2.45, 2.75) is 19.4 Å². The largest absolute Gasteiger partial charge is 0.465 e. The zero-order valence-corrected chi connectivity index (χ0v) is 13.4. The summed E-state index contributed by atoms with van der Waals surface area (Å²) in [5, 5.41) is 0. The van der Waals surface area contributed by atoms with E-state index in [1.165, 1.54) is 12.7 Å². The molecule has 1 aliphatic heterocycles. The number of ether oxygens (including phenoxy) is 1. The summed E-state index contributed by atoms with van der Waals surface area (Å²) in [5.41, 5.74) is 3.96. The predicted octanol–water partition coefficient (Wildman–Crippen LogP) is 3.87. The van der Waals surface area contributed by atoms with Gasteiger partial charge in [0.05, 0.1) is 12.7 Å². The van der Waals surface area contributed by atoms with Crippen LogP contribution in [0.25, 0.3) is 5.57 Å². The molecule has 0 N–H and O–H groups in total. The number of carbonyl (C=O) groups is 1. The minimum absolute atomic E-state index is 0.258. The number of nitrogens with zero attached hydrogens (tertiary/aromatic N) is 1. The van der Waals surface area contributed by atoms with Gasteiger partial charge in [-0.1, -0.05) is 60.7 Å². The van der Waals surface area contributed by atoms with E-state index in [0.717, 1.165) is 37.2 Å². The van der Waals surface area contributed by atoms with E-state index in [4.69, 9.17) is 4.74 Å². The average molecular weight is 307 g/mol. The van der Waals surface area contributed by atoms with Gasteiger partial charge in [0.15, 0.2) is 0 Å². The highest BCUT2D eigenvalue weighted by Crippen LogP contribution is 2.31. The minimum atomic E-state index is -0.258. The van der Waals surface area contributed by atoms with Gasteiger partial charge in [0.1, 0.15) is 0 Å². The zero-order chi connectivity index (χ0) is 16.1. The van der Waals surface area contributed by atoms with Crippen LogP contribution < -0.4 is 0 Å². The molecule has 1 heterocycles. The van der Waals surface area contributed by atoms with Crippen molar-refractivity contribution in [2.24, 2.45) is 0 Å². The van der Waals surface area contributed by atoms with E-state index >= 15 is 0 Å². The molecule has 0 bridgehead atoms. The lowest BCUT2D eigenvalue weighted by molar-refractivity contribution is -0.133. The third kappa shape index (κ3) is 3.45. The van der Waals surface area contributed by atoms with Crippen LogP contribution in [0.15, 0.2) is 66.4 Å². The van der Waals surface area contributed by atoms with Crippen molar-refractivity contribution < 1.29 is 9.53 Å². The van der Waals surface area contributed by atoms with Crippen LogP contribution >= 0.6 is 0 Å². The van der Waals surface area contributed by atoms with Gasteiger partial charge in [0.2, 0.25) is 0 Å². The smallest absolute Gasteiger partial charge is 0.340 e. The number of hydrogen-bond donors (Lipinski definition) is 0. The summed E-state index contributed by atoms with van der Waals surface area (Å²) >= 11 is 0. The maximum Gasteiger partial charge on any atom is 0.340 e. The summed E-state index contributed by atoms with van der Waals surface area (Å²) in [6, 6.07) is 20.2. The fraction of sp³-hybridized carbons (Fsp3) is 0.250. The normalized spacial score (nSPS) is 16.3. The van der Waals surface area contributed by atoms with E-state index in [0.29, 0.717) is 5.57 Å². The molecule has 1 aliphatic rings. The summed E-state index contributed by atoms with van der Waals surface area (Å²) in [4.78, 5) is 14.7. The first-order chi connectivity index (χ1) is 11.3. The van der Waals surface area contributed by atoms with Crippen LogP contribution in [0.2, 0.25) is 0 Å². The van der Waals surface area contributed by atoms with Crippen molar-refractivity contribution in [2.75, 3.05) is 13.7 Å². The molecule has 3 heteroatoms. The number of benzene rings is 2. The van der Waals surface area contributed by atoms with Crippen LogP contribution in [0.1, 0.15) is 24.0 Å². The Hall–Kier alpha value is -2.55. The van der Waals surface area contributed by atoms with Gasteiger partial charge >= 0.3 is 5.97 Å². The number of carbonyl (C=O) groups excluding carboxylic acids is 1. The number of esters is 1. The lowest BCUT2D eigenvalue weighted by atomic mass is 10.0. The molecule has 0 saturated carbocycles. The van der Waals surface area contributed by atoms with Gasteiger partial charge in [-0.2, -0.15) is 0 Å². The van der Waals surface area contributed by atoms with Crippen LogP contribution in [-0.4, -0.2) is 24.5 Å². The Bertz CT molecular complexity index is 692. The van der Waals surface area contributed by atoms with Crippen LogP contribution in [0.5, 0.6) is 0 Å². The molecule has 0 unspecified atom stereocenters. The molecule has 2 aromatic rings. The SMILES string of the molecule is COC(=O)/C(=C1/CCCN1Cc1ccccc1)c1ccccc1. The van der Waals surface area contributed by atoms with Crippen molar-refractivity contribution in [3.8, 4) is 0 Å². The van der Waals surface area contributed by atoms with E-state index in [9.17, 15) is 4.79 Å². The number of allylic oxidation sites excluding steroid dienone is 1. The predicted molar refractivity (Wildman–Crippen MR) is 91.5 cm³/mol. The van der Waals surface area contributed by atoms with Crippen LogP contribution in [0, 0.1) is 0 Å². The van der Waals surface area contributed by atoms with Crippen molar-refractivity contribution in [3.63, 3.8) is 0 Å². The summed E-state index contributed by atoms with van der Waals surface area (Å²) in [7, 11) is 1.45. The Morgan fingerprint density at radius 3 is 2.35 bits per heavy atom. The second kappa shape index (κ2) is 7.14. The number of rotatable bonds is 4. The maximum absolute atomic E-state index is 12.4. The molecule has 0 spiro atoms. The third-order valence-corrected chi connectivity index (χ3v) is 4.18. The summed E-state index contributed by atoms with van der Waals surface area (Å²) in [5.74, 6) is -0.258. The van der Waals surface area contributed by atoms with Crippen LogP contribution in [0.4, 0.5) is 0 Å². The van der Waals surface area contributed by atoms with E-state index in [1.54, 1.807) is 0 Å².